The first-order valence-corrected chi connectivity index (χ1v) is 36.6. The Labute approximate surface area is 606 Å². The zero-order valence-corrected chi connectivity index (χ0v) is 62.8. The molecule has 0 saturated heterocycles. The maximum absolute atomic E-state index is 12.6. The molecule has 0 unspecified atom stereocenters. The molecule has 0 aromatic heterocycles. The first-order chi connectivity index (χ1) is 48.1. The van der Waals surface area contributed by atoms with Gasteiger partial charge >= 0.3 is 30.0 Å². The van der Waals surface area contributed by atoms with E-state index in [4.69, 9.17) is 43.4 Å². The Hall–Kier alpha value is -7.55. The summed E-state index contributed by atoms with van der Waals surface area (Å²) in [5, 5.41) is 60.1. The monoisotopic (exact) mass is 1410 g/mol. The van der Waals surface area contributed by atoms with Gasteiger partial charge in [-0.2, -0.15) is 0 Å². The van der Waals surface area contributed by atoms with Gasteiger partial charge in [0.15, 0.2) is 0 Å². The van der Waals surface area contributed by atoms with Crippen LogP contribution in [0, 0.1) is 100 Å². The maximum atomic E-state index is 12.6. The number of aliphatic hydroxyl groups is 4. The van der Waals surface area contributed by atoms with Crippen LogP contribution in [0.2, 0.25) is 0 Å². The summed E-state index contributed by atoms with van der Waals surface area (Å²) in [5.41, 5.74) is 3.72. The molecule has 18 heteroatoms. The van der Waals surface area contributed by atoms with Gasteiger partial charge in [-0.15, -0.1) is 35.5 Å². The van der Waals surface area contributed by atoms with Crippen LogP contribution >= 0.6 is 0 Å². The Balaban J connectivity index is 0.000000241. The summed E-state index contributed by atoms with van der Waals surface area (Å²) >= 11 is 0. The second-order valence-electron chi connectivity index (χ2n) is 31.2. The molecular formula is C84H114O18. The van der Waals surface area contributed by atoms with Crippen LogP contribution in [0.15, 0.2) is 72.4 Å². The van der Waals surface area contributed by atoms with E-state index >= 15 is 0 Å². The molecule has 8 rings (SSSR count). The molecule has 2 aliphatic heterocycles. The summed E-state index contributed by atoms with van der Waals surface area (Å²) in [6.45, 7) is 27.9. The average Bonchev–Trinajstić information content (AvgIpc) is 1.60. The second-order valence-corrected chi connectivity index (χ2v) is 31.2. The van der Waals surface area contributed by atoms with E-state index in [-0.39, 0.29) is 103 Å². The molecule has 0 spiro atoms. The van der Waals surface area contributed by atoms with E-state index in [1.165, 1.54) is 5.57 Å². The summed E-state index contributed by atoms with van der Waals surface area (Å²) in [4.78, 5) is 58.7. The van der Waals surface area contributed by atoms with Crippen molar-refractivity contribution < 1.29 is 87.8 Å². The lowest BCUT2D eigenvalue weighted by molar-refractivity contribution is -0.160. The maximum Gasteiger partial charge on any atom is 0.509 e. The number of benzene rings is 2. The lowest BCUT2D eigenvalue weighted by Crippen LogP contribution is -2.31. The highest BCUT2D eigenvalue weighted by atomic mass is 16.7. The van der Waals surface area contributed by atoms with Gasteiger partial charge in [0.25, 0.3) is 0 Å². The fourth-order valence-electron chi connectivity index (χ4n) is 14.1. The molecule has 0 amide bonds. The Morgan fingerprint density at radius 2 is 1.20 bits per heavy atom. The molecule has 18 nitrogen and oxygen atoms in total. The zero-order valence-electron chi connectivity index (χ0n) is 62.8. The van der Waals surface area contributed by atoms with E-state index in [2.05, 4.69) is 59.5 Å². The third kappa shape index (κ3) is 25.1. The average molecular weight is 1410 g/mol. The fraction of sp³-hybridized carbons (Fsp3) is 0.631. The predicted molar refractivity (Wildman–Crippen MR) is 390 cm³/mol. The van der Waals surface area contributed by atoms with Gasteiger partial charge in [0.1, 0.15) is 59.8 Å². The number of aryl methyl sites for hydroxylation is 2. The van der Waals surface area contributed by atoms with Gasteiger partial charge in [-0.3, -0.25) is 14.4 Å². The topological polar surface area (TPSA) is 271 Å². The molecule has 4 fully saturated rings. The Kier molecular flexibility index (Phi) is 31.7. The molecule has 6 N–H and O–H groups in total. The number of aliphatic carboxylic acids is 2. The highest BCUT2D eigenvalue weighted by Crippen LogP contribution is 2.55. The third-order valence-corrected chi connectivity index (χ3v) is 19.4. The molecule has 4 aliphatic carbocycles. The van der Waals surface area contributed by atoms with Crippen LogP contribution in [0.1, 0.15) is 221 Å². The predicted octanol–water partition coefficient (Wildman–Crippen LogP) is 13.6. The van der Waals surface area contributed by atoms with Crippen molar-refractivity contribution in [1.29, 1.82) is 0 Å². The summed E-state index contributed by atoms with van der Waals surface area (Å²) in [7, 11) is 0. The number of para-hydroxylation sites is 2. The molecule has 2 aromatic rings. The van der Waals surface area contributed by atoms with Gasteiger partial charge in [0.2, 0.25) is 0 Å². The lowest BCUT2D eigenvalue weighted by atomic mass is 9.86. The van der Waals surface area contributed by atoms with E-state index in [0.717, 1.165) is 65.9 Å². The van der Waals surface area contributed by atoms with Crippen molar-refractivity contribution in [1.82, 2.24) is 0 Å². The standard InChI is InChI=1S/C29H38O7.C28H38O5.C27H38O6/c1-6-7-10-18(2)22(30)16-15-20-23(35-28(33)36-29(3,4)5)17-24-26(20)21-13-8-11-19(27(21)34-24)12-9-14-25(31)32;1-6-7-10-18(2)22(29)16-15-20-23(30)17-24-26(20)21-13-8-11-19(27(21)32-24)12-9-14-25(31)33-28(3,4)5;1-6-7-8-9-18(2)23(28)11-10-21-22-15-19(12-13-32-17-25(29)30)14-20(22)16-24(21)33-26(31)27(3,4)5/h8,11,13,15-16,18,20,22-24,26,30H,9-10,12,14,17H2,1-5H3,(H,31,32);8,11,13,15-16,18,20,22-24,26,29-30H,9-10,12,14,17H2,1-5H3;12,18,20-24,28H,6,9,13-17H2,1-5H3,(H,29,30)/b2*16-15+;19-12+/t2*18-,20-,22+,23+,24-,26-;18-,20-,21+,22-,23+,24+/m000/s1. The second kappa shape index (κ2) is 38.8. The number of carbonyl (C=O) groups is 5. The van der Waals surface area contributed by atoms with E-state index in [0.29, 0.717) is 63.7 Å². The van der Waals surface area contributed by atoms with E-state index < -0.39 is 65.2 Å². The number of ether oxygens (including phenoxy) is 7. The summed E-state index contributed by atoms with van der Waals surface area (Å²) in [6.07, 6.45) is 14.3. The van der Waals surface area contributed by atoms with Crippen molar-refractivity contribution in [3.63, 3.8) is 0 Å². The van der Waals surface area contributed by atoms with Crippen molar-refractivity contribution in [2.24, 2.45) is 52.8 Å². The summed E-state index contributed by atoms with van der Waals surface area (Å²) in [5.74, 6) is 23.7. The van der Waals surface area contributed by atoms with Crippen LogP contribution in [-0.4, -0.2) is 134 Å². The van der Waals surface area contributed by atoms with Crippen LogP contribution in [0.4, 0.5) is 4.79 Å². The minimum absolute atomic E-state index is 0.0340. The number of carboxylic acid groups (broad SMARTS) is 2. The highest BCUT2D eigenvalue weighted by Gasteiger charge is 2.53. The molecule has 6 aliphatic rings. The number of esters is 2. The van der Waals surface area contributed by atoms with Crippen LogP contribution in [0.25, 0.3) is 0 Å². The van der Waals surface area contributed by atoms with Crippen molar-refractivity contribution in [3.8, 4) is 58.9 Å². The Bertz CT molecular complexity index is 3510. The van der Waals surface area contributed by atoms with Crippen molar-refractivity contribution in [2.75, 3.05) is 13.2 Å². The van der Waals surface area contributed by atoms with Crippen LogP contribution in [-0.2, 0) is 55.7 Å². The Morgan fingerprint density at radius 3 is 1.74 bits per heavy atom. The molecule has 2 aromatic carbocycles. The van der Waals surface area contributed by atoms with Gasteiger partial charge in [-0.1, -0.05) is 112 Å². The highest BCUT2D eigenvalue weighted by molar-refractivity contribution is 5.75. The Morgan fingerprint density at radius 1 is 0.647 bits per heavy atom. The van der Waals surface area contributed by atoms with Gasteiger partial charge in [-0.05, 0) is 156 Å². The number of aliphatic hydroxyl groups excluding tert-OH is 4. The molecule has 102 heavy (non-hydrogen) atoms. The fourth-order valence-corrected chi connectivity index (χ4v) is 14.1. The first kappa shape index (κ1) is 83.4. The van der Waals surface area contributed by atoms with E-state index in [1.807, 2.05) is 112 Å². The smallest absolute Gasteiger partial charge is 0.489 e. The number of rotatable bonds is 24. The minimum Gasteiger partial charge on any atom is -0.489 e. The molecule has 2 heterocycles. The lowest BCUT2D eigenvalue weighted by Gasteiger charge is -2.25. The molecular weight excluding hydrogens is 1300 g/mol. The van der Waals surface area contributed by atoms with E-state index in [9.17, 15) is 44.4 Å². The minimum atomic E-state index is -0.982. The number of hydrogen-bond acceptors (Lipinski definition) is 16. The van der Waals surface area contributed by atoms with Gasteiger partial charge < -0.3 is 63.8 Å². The van der Waals surface area contributed by atoms with Crippen molar-refractivity contribution in [3.05, 3.63) is 94.6 Å². The van der Waals surface area contributed by atoms with Crippen LogP contribution < -0.4 is 9.47 Å². The zero-order chi connectivity index (χ0) is 75.2. The summed E-state index contributed by atoms with van der Waals surface area (Å²) < 4.78 is 40.3. The molecule has 4 saturated carbocycles. The molecule has 0 bridgehead atoms. The number of carboxylic acids is 2. The van der Waals surface area contributed by atoms with Gasteiger partial charge in [0, 0.05) is 92.1 Å². The number of carbonyl (C=O) groups excluding carboxylic acids is 3. The molecule has 558 valence electrons. The normalized spacial score (nSPS) is 25.5. The molecule has 0 radical (unpaired) electrons. The van der Waals surface area contributed by atoms with Gasteiger partial charge in [-0.25, -0.2) is 9.59 Å². The van der Waals surface area contributed by atoms with Crippen molar-refractivity contribution in [2.45, 2.75) is 272 Å². The number of fused-ring (bicyclic) bond motifs is 7. The van der Waals surface area contributed by atoms with Gasteiger partial charge in [0.05, 0.1) is 36.3 Å². The SMILES string of the molecule is CC#CC[C@H](C)[C@H](O)/C=C/[C@@H]1[C@H]2c3cccc(CCCC(=O)O)c3O[C@H]2C[C@H]1OC(=O)OC(C)(C)C.CC#CC[C@H](C)[C@H](O)/C=C/[C@@H]1[C@H]2c3cccc(CCCC(=O)OC(C)(C)C)c3O[C@H]2C[C@H]1O.CCC#CC[C@H](C)[C@H](O)C#C[C@@H]1[C@H]2C/C(=C/COCC(=O)O)C[C@H]2C[C@H]1OC(=O)C(C)(C)C. The van der Waals surface area contributed by atoms with Crippen LogP contribution in [0.5, 0.6) is 11.5 Å². The quantitative estimate of drug-likeness (QED) is 0.0187. The molecule has 18 atom stereocenters. The third-order valence-electron chi connectivity index (χ3n) is 19.4. The summed E-state index contributed by atoms with van der Waals surface area (Å²) in [6, 6.07) is 12.1. The van der Waals surface area contributed by atoms with Crippen molar-refractivity contribution >= 4 is 30.0 Å². The van der Waals surface area contributed by atoms with E-state index in [1.54, 1.807) is 46.8 Å². The van der Waals surface area contributed by atoms with Crippen LogP contribution in [0.3, 0.4) is 0 Å². The number of hydrogen-bond donors (Lipinski definition) is 6. The largest absolute Gasteiger partial charge is 0.509 e. The number of allylic oxidation sites excluding steroid dienone is 1. The first-order valence-electron chi connectivity index (χ1n) is 36.6.